The van der Waals surface area contributed by atoms with Crippen molar-refractivity contribution >= 4 is 28.9 Å². The number of thiophene rings is 1. The summed E-state index contributed by atoms with van der Waals surface area (Å²) in [5.74, 6) is 0.115. The Morgan fingerprint density at radius 3 is 2.91 bits per heavy atom. The van der Waals surface area contributed by atoms with Gasteiger partial charge in [0, 0.05) is 16.2 Å². The Hall–Kier alpha value is -0.840. The molecule has 1 N–H and O–H groups in total. The topological polar surface area (TPSA) is 46.5 Å². The van der Waals surface area contributed by atoms with Crippen molar-refractivity contribution in [1.82, 2.24) is 0 Å². The van der Waals surface area contributed by atoms with Crippen LogP contribution in [0, 0.1) is 11.8 Å². The highest BCUT2D eigenvalue weighted by Crippen LogP contribution is 2.42. The number of esters is 1. The third-order valence-corrected chi connectivity index (χ3v) is 6.01. The van der Waals surface area contributed by atoms with Crippen molar-refractivity contribution < 1.29 is 14.6 Å². The number of hydrogen-bond donors (Lipinski definition) is 1. The second-order valence-corrected chi connectivity index (χ2v) is 7.73. The van der Waals surface area contributed by atoms with E-state index in [1.807, 2.05) is 19.1 Å². The Balaban J connectivity index is 1.89. The standard InChI is InChI=1S/C17H23ClO3S/c1-10(2)16-12(13(18)9-14(16)19)6-4-5-11-7-8-15(22-11)17(20)21-3/h7-8,12-14,16,19H,1,4-6,9H2,2-3H3/t12-,13+,14+,16+/m0/s1. The first-order valence-corrected chi connectivity index (χ1v) is 8.84. The van der Waals surface area contributed by atoms with Crippen molar-refractivity contribution in [3.8, 4) is 0 Å². The molecule has 1 aromatic heterocycles. The van der Waals surface area contributed by atoms with E-state index in [1.54, 1.807) is 0 Å². The zero-order chi connectivity index (χ0) is 16.3. The Kier molecular flexibility index (Phi) is 6.07. The van der Waals surface area contributed by atoms with Gasteiger partial charge in [-0.1, -0.05) is 12.2 Å². The Morgan fingerprint density at radius 1 is 1.55 bits per heavy atom. The molecule has 0 spiro atoms. The maximum Gasteiger partial charge on any atom is 0.348 e. The third kappa shape index (κ3) is 3.92. The lowest BCUT2D eigenvalue weighted by atomic mass is 9.85. The van der Waals surface area contributed by atoms with Crippen LogP contribution in [0.5, 0.6) is 0 Å². The number of ether oxygens (including phenoxy) is 1. The number of carbonyl (C=O) groups excluding carboxylic acids is 1. The molecule has 0 radical (unpaired) electrons. The average Bonchev–Trinajstić information content (AvgIpc) is 3.03. The minimum Gasteiger partial charge on any atom is -0.465 e. The van der Waals surface area contributed by atoms with Crippen LogP contribution in [0.1, 0.15) is 40.7 Å². The average molecular weight is 343 g/mol. The molecule has 0 amide bonds. The summed E-state index contributed by atoms with van der Waals surface area (Å²) >= 11 is 7.88. The van der Waals surface area contributed by atoms with Gasteiger partial charge < -0.3 is 9.84 Å². The first-order chi connectivity index (χ1) is 10.4. The van der Waals surface area contributed by atoms with Gasteiger partial charge in [0.25, 0.3) is 0 Å². The highest BCUT2D eigenvalue weighted by molar-refractivity contribution is 7.13. The number of rotatable bonds is 6. The SMILES string of the molecule is C=C(C)[C@@H]1[C@@H](CCCc2ccc(C(=O)OC)s2)[C@H](Cl)C[C@H]1O. The van der Waals surface area contributed by atoms with Crippen LogP contribution in [-0.4, -0.2) is 29.7 Å². The Labute approximate surface area is 140 Å². The fraction of sp³-hybridized carbons (Fsp3) is 0.588. The van der Waals surface area contributed by atoms with E-state index in [4.69, 9.17) is 16.3 Å². The van der Waals surface area contributed by atoms with E-state index in [2.05, 4.69) is 6.58 Å². The molecule has 1 aromatic rings. The van der Waals surface area contributed by atoms with Gasteiger partial charge in [0.1, 0.15) is 4.88 Å². The summed E-state index contributed by atoms with van der Waals surface area (Å²) < 4.78 is 4.72. The molecule has 0 saturated heterocycles. The highest BCUT2D eigenvalue weighted by atomic mass is 35.5. The number of hydrogen-bond acceptors (Lipinski definition) is 4. The van der Waals surface area contributed by atoms with Gasteiger partial charge in [-0.15, -0.1) is 22.9 Å². The van der Waals surface area contributed by atoms with E-state index < -0.39 is 0 Å². The number of alkyl halides is 1. The number of methoxy groups -OCH3 is 1. The molecule has 0 unspecified atom stereocenters. The van der Waals surface area contributed by atoms with E-state index in [0.717, 1.165) is 24.8 Å². The van der Waals surface area contributed by atoms with Crippen molar-refractivity contribution in [2.24, 2.45) is 11.8 Å². The van der Waals surface area contributed by atoms with Crippen molar-refractivity contribution in [2.75, 3.05) is 7.11 Å². The number of halogens is 1. The Morgan fingerprint density at radius 2 is 2.27 bits per heavy atom. The van der Waals surface area contributed by atoms with Crippen LogP contribution in [-0.2, 0) is 11.2 Å². The van der Waals surface area contributed by atoms with Gasteiger partial charge in [0.2, 0.25) is 0 Å². The maximum absolute atomic E-state index is 11.4. The van der Waals surface area contributed by atoms with Gasteiger partial charge in [-0.05, 0) is 50.7 Å². The van der Waals surface area contributed by atoms with Crippen molar-refractivity contribution in [3.05, 3.63) is 34.0 Å². The predicted molar refractivity (Wildman–Crippen MR) is 90.7 cm³/mol. The largest absolute Gasteiger partial charge is 0.465 e. The van der Waals surface area contributed by atoms with Gasteiger partial charge in [-0.2, -0.15) is 0 Å². The van der Waals surface area contributed by atoms with E-state index in [-0.39, 0.29) is 29.3 Å². The van der Waals surface area contributed by atoms with E-state index in [0.29, 0.717) is 11.3 Å². The van der Waals surface area contributed by atoms with Gasteiger partial charge in [-0.25, -0.2) is 4.79 Å². The van der Waals surface area contributed by atoms with E-state index in [9.17, 15) is 9.90 Å². The van der Waals surface area contributed by atoms with Crippen LogP contribution in [0.3, 0.4) is 0 Å². The van der Waals surface area contributed by atoms with Crippen LogP contribution >= 0.6 is 22.9 Å². The molecule has 1 aliphatic carbocycles. The molecule has 5 heteroatoms. The minimum atomic E-state index is -0.363. The first kappa shape index (κ1) is 17.5. The number of aryl methyl sites for hydroxylation is 1. The summed E-state index contributed by atoms with van der Waals surface area (Å²) in [4.78, 5) is 13.3. The fourth-order valence-corrected chi connectivity index (χ4v) is 4.78. The molecule has 0 aliphatic heterocycles. The smallest absolute Gasteiger partial charge is 0.348 e. The van der Waals surface area contributed by atoms with E-state index >= 15 is 0 Å². The molecule has 3 nitrogen and oxygen atoms in total. The molecule has 1 saturated carbocycles. The van der Waals surface area contributed by atoms with Gasteiger partial charge in [0.15, 0.2) is 0 Å². The third-order valence-electron chi connectivity index (χ3n) is 4.38. The number of aliphatic hydroxyl groups is 1. The lowest BCUT2D eigenvalue weighted by molar-refractivity contribution is 0.0606. The van der Waals surface area contributed by atoms with Gasteiger partial charge in [-0.3, -0.25) is 0 Å². The summed E-state index contributed by atoms with van der Waals surface area (Å²) in [6.45, 7) is 5.97. The van der Waals surface area contributed by atoms with E-state index in [1.165, 1.54) is 23.3 Å². The second kappa shape index (κ2) is 7.62. The number of aliphatic hydroxyl groups excluding tert-OH is 1. The molecular formula is C17H23ClO3S. The maximum atomic E-state index is 11.4. The van der Waals surface area contributed by atoms with Gasteiger partial charge in [0.05, 0.1) is 13.2 Å². The monoisotopic (exact) mass is 342 g/mol. The summed E-state index contributed by atoms with van der Waals surface area (Å²) in [5.41, 5.74) is 1.02. The van der Waals surface area contributed by atoms with Crippen molar-refractivity contribution in [1.29, 1.82) is 0 Å². The van der Waals surface area contributed by atoms with Crippen molar-refractivity contribution in [2.45, 2.75) is 44.1 Å². The lowest BCUT2D eigenvalue weighted by Gasteiger charge is -2.23. The minimum absolute atomic E-state index is 0.0191. The zero-order valence-electron chi connectivity index (χ0n) is 13.0. The van der Waals surface area contributed by atoms with Crippen LogP contribution in [0.4, 0.5) is 0 Å². The van der Waals surface area contributed by atoms with Crippen LogP contribution in [0.2, 0.25) is 0 Å². The van der Waals surface area contributed by atoms with Crippen molar-refractivity contribution in [3.63, 3.8) is 0 Å². The second-order valence-electron chi connectivity index (χ2n) is 6.00. The molecule has 22 heavy (non-hydrogen) atoms. The first-order valence-electron chi connectivity index (χ1n) is 7.58. The van der Waals surface area contributed by atoms with Crippen LogP contribution < -0.4 is 0 Å². The van der Waals surface area contributed by atoms with Crippen LogP contribution in [0.25, 0.3) is 0 Å². The summed E-state index contributed by atoms with van der Waals surface area (Å²) in [6, 6.07) is 3.79. The number of carbonyl (C=O) groups is 1. The summed E-state index contributed by atoms with van der Waals surface area (Å²) in [5, 5.41) is 10.1. The predicted octanol–water partition coefficient (Wildman–Crippen LogP) is 4.04. The van der Waals surface area contributed by atoms with Crippen LogP contribution in [0.15, 0.2) is 24.3 Å². The molecule has 1 aliphatic rings. The summed E-state index contributed by atoms with van der Waals surface area (Å²) in [6.07, 6.45) is 3.16. The molecule has 0 bridgehead atoms. The fourth-order valence-electron chi connectivity index (χ4n) is 3.35. The molecular weight excluding hydrogens is 320 g/mol. The molecule has 1 heterocycles. The zero-order valence-corrected chi connectivity index (χ0v) is 14.6. The lowest BCUT2D eigenvalue weighted by Crippen LogP contribution is -2.21. The quantitative estimate of drug-likeness (QED) is 0.482. The molecule has 122 valence electrons. The normalized spacial score (nSPS) is 27.8. The summed E-state index contributed by atoms with van der Waals surface area (Å²) in [7, 11) is 1.39. The molecule has 1 fully saturated rings. The van der Waals surface area contributed by atoms with Gasteiger partial charge >= 0.3 is 5.97 Å². The highest BCUT2D eigenvalue weighted by Gasteiger charge is 2.41. The molecule has 4 atom stereocenters. The molecule has 2 rings (SSSR count). The molecule has 0 aromatic carbocycles. The Bertz CT molecular complexity index is 540.